The van der Waals surface area contributed by atoms with Gasteiger partial charge in [0, 0.05) is 32.2 Å². The van der Waals surface area contributed by atoms with Gasteiger partial charge in [0.05, 0.1) is 23.5 Å². The number of hydrogen-bond acceptors (Lipinski definition) is 5. The van der Waals surface area contributed by atoms with Gasteiger partial charge in [-0.1, -0.05) is 19.1 Å². The number of rotatable bonds is 6. The minimum absolute atomic E-state index is 0.0879. The van der Waals surface area contributed by atoms with Crippen LogP contribution in [-0.4, -0.2) is 61.1 Å². The Morgan fingerprint density at radius 1 is 1.42 bits per heavy atom. The van der Waals surface area contributed by atoms with E-state index >= 15 is 0 Å². The zero-order chi connectivity index (χ0) is 17.7. The number of nitriles is 1. The molecule has 132 valence electrons. The maximum absolute atomic E-state index is 12.7. The SMILES string of the molecule is CCC1CN(S(=O)(=O)Cc2cccc(C#N)c2)CCN1CC(C)O. The molecule has 0 saturated carbocycles. The van der Waals surface area contributed by atoms with E-state index in [4.69, 9.17) is 5.26 Å². The number of nitrogens with zero attached hydrogens (tertiary/aromatic N) is 3. The summed E-state index contributed by atoms with van der Waals surface area (Å²) in [6.45, 7) is 5.86. The van der Waals surface area contributed by atoms with Crippen molar-refractivity contribution in [2.45, 2.75) is 38.2 Å². The first kappa shape index (κ1) is 18.9. The second kappa shape index (κ2) is 8.08. The summed E-state index contributed by atoms with van der Waals surface area (Å²) in [5.41, 5.74) is 1.10. The molecule has 0 spiro atoms. The van der Waals surface area contributed by atoms with Gasteiger partial charge in [-0.2, -0.15) is 9.57 Å². The Hall–Kier alpha value is -1.46. The number of hydrogen-bond donors (Lipinski definition) is 1. The number of aliphatic hydroxyl groups is 1. The Labute approximate surface area is 144 Å². The molecule has 1 aliphatic rings. The highest BCUT2D eigenvalue weighted by Gasteiger charge is 2.32. The van der Waals surface area contributed by atoms with Gasteiger partial charge in [0.1, 0.15) is 0 Å². The minimum Gasteiger partial charge on any atom is -0.392 e. The predicted octanol–water partition coefficient (Wildman–Crippen LogP) is 1.17. The van der Waals surface area contributed by atoms with Gasteiger partial charge >= 0.3 is 0 Å². The van der Waals surface area contributed by atoms with Gasteiger partial charge in [0.25, 0.3) is 0 Å². The van der Waals surface area contributed by atoms with Gasteiger partial charge in [-0.15, -0.1) is 0 Å². The predicted molar refractivity (Wildman–Crippen MR) is 92.7 cm³/mol. The molecule has 0 aromatic heterocycles. The van der Waals surface area contributed by atoms with Crippen LogP contribution in [0.3, 0.4) is 0 Å². The molecular formula is C17H25N3O3S. The topological polar surface area (TPSA) is 84.6 Å². The van der Waals surface area contributed by atoms with Crippen LogP contribution in [0.5, 0.6) is 0 Å². The normalized spacial score (nSPS) is 21.3. The van der Waals surface area contributed by atoms with Crippen molar-refractivity contribution in [1.82, 2.24) is 9.21 Å². The summed E-state index contributed by atoms with van der Waals surface area (Å²) in [7, 11) is -3.42. The summed E-state index contributed by atoms with van der Waals surface area (Å²) >= 11 is 0. The Morgan fingerprint density at radius 3 is 2.79 bits per heavy atom. The molecule has 0 amide bonds. The average Bonchev–Trinajstić information content (AvgIpc) is 2.54. The van der Waals surface area contributed by atoms with Gasteiger partial charge in [0.2, 0.25) is 10.0 Å². The van der Waals surface area contributed by atoms with Crippen LogP contribution in [0.4, 0.5) is 0 Å². The average molecular weight is 351 g/mol. The molecule has 1 aromatic rings. The lowest BCUT2D eigenvalue weighted by molar-refractivity contribution is 0.0613. The maximum Gasteiger partial charge on any atom is 0.218 e. The summed E-state index contributed by atoms with van der Waals surface area (Å²) in [6, 6.07) is 8.88. The van der Waals surface area contributed by atoms with Crippen molar-refractivity contribution in [3.63, 3.8) is 0 Å². The van der Waals surface area contributed by atoms with Gasteiger partial charge < -0.3 is 5.11 Å². The van der Waals surface area contributed by atoms with Crippen LogP contribution < -0.4 is 0 Å². The van der Waals surface area contributed by atoms with Gasteiger partial charge in [-0.25, -0.2) is 8.42 Å². The Kier molecular flexibility index (Phi) is 6.35. The molecule has 1 saturated heterocycles. The smallest absolute Gasteiger partial charge is 0.218 e. The molecule has 0 aliphatic carbocycles. The molecule has 1 heterocycles. The highest BCUT2D eigenvalue weighted by molar-refractivity contribution is 7.88. The lowest BCUT2D eigenvalue weighted by atomic mass is 10.1. The highest BCUT2D eigenvalue weighted by atomic mass is 32.2. The molecule has 2 rings (SSSR count). The molecule has 7 heteroatoms. The van der Waals surface area contributed by atoms with Crippen molar-refractivity contribution < 1.29 is 13.5 Å². The van der Waals surface area contributed by atoms with Crippen LogP contribution in [-0.2, 0) is 15.8 Å². The molecule has 24 heavy (non-hydrogen) atoms. The standard InChI is InChI=1S/C17H25N3O3S/c1-3-17-12-20(8-7-19(17)11-14(2)21)24(22,23)13-16-6-4-5-15(9-16)10-18/h4-6,9,14,17,21H,3,7-8,11-13H2,1-2H3. The van der Waals surface area contributed by atoms with Crippen LogP contribution in [0.1, 0.15) is 31.4 Å². The molecule has 0 radical (unpaired) electrons. The van der Waals surface area contributed by atoms with Crippen molar-refractivity contribution in [1.29, 1.82) is 5.26 Å². The van der Waals surface area contributed by atoms with Gasteiger partial charge in [-0.05, 0) is 31.0 Å². The van der Waals surface area contributed by atoms with E-state index < -0.39 is 16.1 Å². The fraction of sp³-hybridized carbons (Fsp3) is 0.588. The maximum atomic E-state index is 12.7. The van der Waals surface area contributed by atoms with E-state index in [0.717, 1.165) is 6.42 Å². The van der Waals surface area contributed by atoms with E-state index in [1.165, 1.54) is 0 Å². The highest BCUT2D eigenvalue weighted by Crippen LogP contribution is 2.19. The van der Waals surface area contributed by atoms with E-state index in [1.807, 2.05) is 13.0 Å². The lowest BCUT2D eigenvalue weighted by Gasteiger charge is -2.41. The van der Waals surface area contributed by atoms with E-state index in [0.29, 0.717) is 37.3 Å². The quantitative estimate of drug-likeness (QED) is 0.831. The monoisotopic (exact) mass is 351 g/mol. The molecule has 2 unspecified atom stereocenters. The fourth-order valence-electron chi connectivity index (χ4n) is 3.12. The Balaban J connectivity index is 2.08. The second-order valence-electron chi connectivity index (χ2n) is 6.33. The first-order valence-corrected chi connectivity index (χ1v) is 9.85. The molecular weight excluding hydrogens is 326 g/mol. The summed E-state index contributed by atoms with van der Waals surface area (Å²) in [6.07, 6.45) is 0.416. The van der Waals surface area contributed by atoms with Gasteiger partial charge in [-0.3, -0.25) is 4.90 Å². The van der Waals surface area contributed by atoms with E-state index in [2.05, 4.69) is 4.90 Å². The van der Waals surface area contributed by atoms with Crippen molar-refractivity contribution in [3.05, 3.63) is 35.4 Å². The molecule has 1 aromatic carbocycles. The van der Waals surface area contributed by atoms with Crippen LogP contribution in [0.15, 0.2) is 24.3 Å². The molecule has 6 nitrogen and oxygen atoms in total. The molecule has 2 atom stereocenters. The molecule has 0 bridgehead atoms. The van der Waals surface area contributed by atoms with Gasteiger partial charge in [0.15, 0.2) is 0 Å². The number of piperazine rings is 1. The van der Waals surface area contributed by atoms with Crippen LogP contribution in [0, 0.1) is 11.3 Å². The summed E-state index contributed by atoms with van der Waals surface area (Å²) in [5, 5.41) is 18.5. The van der Waals surface area contributed by atoms with Crippen LogP contribution in [0.2, 0.25) is 0 Å². The van der Waals surface area contributed by atoms with E-state index in [9.17, 15) is 13.5 Å². The third-order valence-corrected chi connectivity index (χ3v) is 6.15. The number of β-amino-alcohol motifs (C(OH)–C–C–N with tert-alkyl or cyclic N) is 1. The third-order valence-electron chi connectivity index (χ3n) is 4.34. The number of sulfonamides is 1. The van der Waals surface area contributed by atoms with Crippen LogP contribution >= 0.6 is 0 Å². The minimum atomic E-state index is -3.42. The number of aliphatic hydroxyl groups excluding tert-OH is 1. The Bertz CT molecular complexity index is 697. The molecule has 1 N–H and O–H groups in total. The van der Waals surface area contributed by atoms with Crippen molar-refractivity contribution in [3.8, 4) is 6.07 Å². The zero-order valence-electron chi connectivity index (χ0n) is 14.2. The Morgan fingerprint density at radius 2 is 2.17 bits per heavy atom. The van der Waals surface area contributed by atoms with Crippen molar-refractivity contribution in [2.75, 3.05) is 26.2 Å². The molecule has 1 fully saturated rings. The summed E-state index contributed by atoms with van der Waals surface area (Å²) < 4.78 is 27.0. The fourth-order valence-corrected chi connectivity index (χ4v) is 4.66. The first-order chi connectivity index (χ1) is 11.4. The number of benzene rings is 1. The first-order valence-electron chi connectivity index (χ1n) is 8.24. The van der Waals surface area contributed by atoms with Crippen molar-refractivity contribution >= 4 is 10.0 Å². The second-order valence-corrected chi connectivity index (χ2v) is 8.30. The van der Waals surface area contributed by atoms with Crippen molar-refractivity contribution in [2.24, 2.45) is 0 Å². The third kappa shape index (κ3) is 4.77. The summed E-state index contributed by atoms with van der Waals surface area (Å²) in [4.78, 5) is 2.16. The lowest BCUT2D eigenvalue weighted by Crippen LogP contribution is -2.55. The molecule has 1 aliphatic heterocycles. The summed E-state index contributed by atoms with van der Waals surface area (Å²) in [5.74, 6) is -0.0879. The van der Waals surface area contributed by atoms with E-state index in [1.54, 1.807) is 35.5 Å². The zero-order valence-corrected chi connectivity index (χ0v) is 15.0. The van der Waals surface area contributed by atoms with E-state index in [-0.39, 0.29) is 11.8 Å². The largest absolute Gasteiger partial charge is 0.392 e. The van der Waals surface area contributed by atoms with Crippen LogP contribution in [0.25, 0.3) is 0 Å².